The number of carbonyl (C=O) groups excluding carboxylic acids is 3. The van der Waals surface area contributed by atoms with Gasteiger partial charge in [0.05, 0.1) is 40.3 Å². The predicted molar refractivity (Wildman–Crippen MR) is 217 cm³/mol. The third-order valence-electron chi connectivity index (χ3n) is 8.70. The molecule has 0 heterocycles. The number of carbonyl (C=O) groups is 3. The van der Waals surface area contributed by atoms with Crippen LogP contribution in [0.15, 0.2) is 72.9 Å². The number of allylic oxidation sites excluding steroid dienone is 12. The van der Waals surface area contributed by atoms with Gasteiger partial charge in [0.15, 0.2) is 6.10 Å². The second-order valence-electron chi connectivity index (χ2n) is 14.6. The lowest BCUT2D eigenvalue weighted by atomic mass is 10.1. The van der Waals surface area contributed by atoms with E-state index >= 15 is 0 Å². The highest BCUT2D eigenvalue weighted by Gasteiger charge is 2.25. The Morgan fingerprint density at radius 3 is 1.58 bits per heavy atom. The van der Waals surface area contributed by atoms with Crippen molar-refractivity contribution in [3.63, 3.8) is 0 Å². The number of unbranched alkanes of at least 4 members (excludes halogenated alkanes) is 13. The van der Waals surface area contributed by atoms with Crippen LogP contribution in [0.2, 0.25) is 0 Å². The van der Waals surface area contributed by atoms with Crippen LogP contribution in [0.25, 0.3) is 0 Å². The van der Waals surface area contributed by atoms with E-state index in [0.717, 1.165) is 57.8 Å². The first-order chi connectivity index (χ1) is 25.6. The van der Waals surface area contributed by atoms with E-state index in [1.54, 1.807) is 21.1 Å². The molecule has 53 heavy (non-hydrogen) atoms. The highest BCUT2D eigenvalue weighted by molar-refractivity contribution is 5.70. The zero-order valence-electron chi connectivity index (χ0n) is 34.2. The number of rotatable bonds is 35. The van der Waals surface area contributed by atoms with E-state index in [2.05, 4.69) is 50.3 Å². The normalized spacial score (nSPS) is 13.8. The van der Waals surface area contributed by atoms with Crippen LogP contribution < -0.4 is 5.11 Å². The highest BCUT2D eigenvalue weighted by Crippen LogP contribution is 2.12. The lowest BCUT2D eigenvalue weighted by Crippen LogP contribution is -2.55. The van der Waals surface area contributed by atoms with Crippen LogP contribution in [0, 0.1) is 0 Å². The van der Waals surface area contributed by atoms with E-state index in [-0.39, 0.29) is 49.1 Å². The van der Waals surface area contributed by atoms with E-state index in [1.165, 1.54) is 44.9 Å². The fraction of sp³-hybridized carbons (Fsp3) is 0.667. The van der Waals surface area contributed by atoms with Gasteiger partial charge in [0.25, 0.3) is 0 Å². The van der Waals surface area contributed by atoms with Crippen molar-refractivity contribution >= 4 is 17.9 Å². The van der Waals surface area contributed by atoms with Gasteiger partial charge in [0, 0.05) is 19.3 Å². The van der Waals surface area contributed by atoms with Crippen LogP contribution in [0.4, 0.5) is 0 Å². The molecule has 0 rings (SSSR count). The van der Waals surface area contributed by atoms with Crippen LogP contribution >= 0.6 is 0 Å². The quantitative estimate of drug-likeness (QED) is 0.0276. The van der Waals surface area contributed by atoms with Crippen LogP contribution in [0.1, 0.15) is 142 Å². The van der Waals surface area contributed by atoms with Crippen molar-refractivity contribution in [2.45, 2.75) is 154 Å². The summed E-state index contributed by atoms with van der Waals surface area (Å²) in [6.07, 6.45) is 43.6. The Hall–Kier alpha value is -3.23. The molecule has 8 nitrogen and oxygen atoms in total. The minimum absolute atomic E-state index is 0.0121. The molecule has 0 bridgehead atoms. The van der Waals surface area contributed by atoms with Crippen LogP contribution in [0.5, 0.6) is 0 Å². The maximum Gasteiger partial charge on any atom is 0.306 e. The van der Waals surface area contributed by atoms with E-state index < -0.39 is 18.1 Å². The zero-order valence-corrected chi connectivity index (χ0v) is 34.2. The summed E-state index contributed by atoms with van der Waals surface area (Å²) in [5, 5.41) is 11.6. The fourth-order valence-electron chi connectivity index (χ4n) is 5.48. The molecule has 0 radical (unpaired) electrons. The molecule has 0 fully saturated rings. The Balaban J connectivity index is 4.50. The first-order valence-electron chi connectivity index (χ1n) is 20.5. The van der Waals surface area contributed by atoms with Crippen LogP contribution in [-0.2, 0) is 28.6 Å². The number of ether oxygens (including phenoxy) is 3. The van der Waals surface area contributed by atoms with Crippen molar-refractivity contribution in [2.24, 2.45) is 0 Å². The summed E-state index contributed by atoms with van der Waals surface area (Å²) in [5.41, 5.74) is 0. The van der Waals surface area contributed by atoms with Gasteiger partial charge in [-0.1, -0.05) is 138 Å². The molecule has 302 valence electrons. The van der Waals surface area contributed by atoms with Gasteiger partial charge in [0.1, 0.15) is 12.6 Å². The van der Waals surface area contributed by atoms with Gasteiger partial charge in [-0.3, -0.25) is 9.59 Å². The second kappa shape index (κ2) is 35.8. The lowest BCUT2D eigenvalue weighted by Gasteiger charge is -2.34. The molecule has 0 spiro atoms. The average molecular weight is 742 g/mol. The molecule has 0 N–H and O–H groups in total. The van der Waals surface area contributed by atoms with Gasteiger partial charge >= 0.3 is 11.9 Å². The predicted octanol–water partition coefficient (Wildman–Crippen LogP) is 9.46. The molecule has 2 unspecified atom stereocenters. The van der Waals surface area contributed by atoms with Gasteiger partial charge in [0.2, 0.25) is 0 Å². The van der Waals surface area contributed by atoms with E-state index in [9.17, 15) is 19.5 Å². The lowest BCUT2D eigenvalue weighted by molar-refractivity contribution is -0.889. The van der Waals surface area contributed by atoms with E-state index in [4.69, 9.17) is 14.2 Å². The number of quaternary nitrogens is 1. The summed E-state index contributed by atoms with van der Waals surface area (Å²) in [7, 11) is 5.37. The van der Waals surface area contributed by atoms with Crippen molar-refractivity contribution < 1.29 is 38.2 Å². The van der Waals surface area contributed by atoms with Crippen molar-refractivity contribution in [3.8, 4) is 0 Å². The van der Waals surface area contributed by atoms with Gasteiger partial charge in [-0.15, -0.1) is 0 Å². The van der Waals surface area contributed by atoms with Gasteiger partial charge in [-0.25, -0.2) is 0 Å². The number of carboxylic acids is 1. The molecule has 0 aliphatic rings. The summed E-state index contributed by atoms with van der Waals surface area (Å²) in [5.74, 6) is -1.83. The molecule has 8 heteroatoms. The van der Waals surface area contributed by atoms with E-state index in [0.29, 0.717) is 12.8 Å². The molecule has 2 atom stereocenters. The Morgan fingerprint density at radius 2 is 1.06 bits per heavy atom. The standard InChI is InChI=1S/C45H75NO7/c1-6-8-10-12-14-16-18-20-21-22-24-25-27-29-31-33-35-43(47)52-40-41(39-51-38-37-42(45(49)50)46(3,4)5)53-44(48)36-34-32-30-28-26-23-19-17-15-13-11-9-7-2/h9,11,13,15,17,19,21-26,41-42H,6-8,10,12,14,16,18,20,27-40H2,1-5H3/b11-9+,15-13+,19-17+,22-21+,25-24+,26-23+. The first-order valence-corrected chi connectivity index (χ1v) is 20.5. The smallest absolute Gasteiger partial charge is 0.306 e. The van der Waals surface area contributed by atoms with Crippen LogP contribution in [0.3, 0.4) is 0 Å². The van der Waals surface area contributed by atoms with Crippen molar-refractivity contribution in [3.05, 3.63) is 72.9 Å². The second-order valence-corrected chi connectivity index (χ2v) is 14.6. The summed E-state index contributed by atoms with van der Waals surface area (Å²) in [4.78, 5) is 36.7. The number of esters is 2. The number of nitrogens with zero attached hydrogens (tertiary/aromatic N) is 1. The molecule has 0 amide bonds. The van der Waals surface area contributed by atoms with Gasteiger partial charge in [-0.05, 0) is 57.8 Å². The number of carboxylic acid groups (broad SMARTS) is 1. The zero-order chi connectivity index (χ0) is 39.3. The number of hydrogen-bond acceptors (Lipinski definition) is 7. The molecule has 0 aliphatic carbocycles. The topological polar surface area (TPSA) is 102 Å². The average Bonchev–Trinajstić information content (AvgIpc) is 3.11. The Morgan fingerprint density at radius 1 is 0.585 bits per heavy atom. The van der Waals surface area contributed by atoms with Gasteiger partial charge in [-0.2, -0.15) is 0 Å². The number of hydrogen-bond donors (Lipinski definition) is 0. The number of likely N-dealkylation sites (N-methyl/N-ethyl adjacent to an activating group) is 1. The monoisotopic (exact) mass is 742 g/mol. The summed E-state index contributed by atoms with van der Waals surface area (Å²) >= 11 is 0. The molecule has 0 aliphatic heterocycles. The third-order valence-corrected chi connectivity index (χ3v) is 8.70. The minimum atomic E-state index is -1.14. The SMILES string of the molecule is CC/C=C/C=C/C=C/C=C/CCCCCC(=O)OC(COCCC(C(=O)[O-])[N+](C)(C)C)COC(=O)CCCCC/C=C/C=C/CCCCCCCCC. The molecule has 0 aromatic rings. The molecule has 0 saturated carbocycles. The molecule has 0 saturated heterocycles. The summed E-state index contributed by atoms with van der Waals surface area (Å²) in [6, 6.07) is -0.740. The maximum atomic E-state index is 12.6. The largest absolute Gasteiger partial charge is 0.544 e. The van der Waals surface area contributed by atoms with Gasteiger partial charge < -0.3 is 28.6 Å². The highest BCUT2D eigenvalue weighted by atomic mass is 16.6. The number of aliphatic carboxylic acids is 1. The fourth-order valence-corrected chi connectivity index (χ4v) is 5.48. The Kier molecular flexibility index (Phi) is 33.6. The first kappa shape index (κ1) is 49.8. The third kappa shape index (κ3) is 34.3. The molecule has 0 aromatic carbocycles. The van der Waals surface area contributed by atoms with Crippen LogP contribution in [-0.4, -0.2) is 75.5 Å². The summed E-state index contributed by atoms with van der Waals surface area (Å²) < 4.78 is 17.0. The maximum absolute atomic E-state index is 12.6. The van der Waals surface area contributed by atoms with Crippen molar-refractivity contribution in [1.82, 2.24) is 0 Å². The van der Waals surface area contributed by atoms with Crippen molar-refractivity contribution in [2.75, 3.05) is 41.0 Å². The van der Waals surface area contributed by atoms with Crippen molar-refractivity contribution in [1.29, 1.82) is 0 Å². The summed E-state index contributed by atoms with van der Waals surface area (Å²) in [6.45, 7) is 4.42. The Bertz CT molecular complexity index is 1100. The molecular formula is C45H75NO7. The molecule has 0 aromatic heterocycles. The minimum Gasteiger partial charge on any atom is -0.544 e. The molecular weight excluding hydrogens is 666 g/mol. The Labute approximate surface area is 323 Å². The van der Waals surface area contributed by atoms with E-state index in [1.807, 2.05) is 36.5 Å².